The van der Waals surface area contributed by atoms with Crippen molar-refractivity contribution in [1.29, 1.82) is 5.41 Å². The molecular weight excluding hydrogens is 300 g/mol. The van der Waals surface area contributed by atoms with Crippen molar-refractivity contribution in [3.8, 4) is 5.75 Å². The van der Waals surface area contributed by atoms with Gasteiger partial charge in [-0.3, -0.25) is 10.4 Å². The van der Waals surface area contributed by atoms with Gasteiger partial charge in [0.25, 0.3) is 0 Å². The second-order valence-corrected chi connectivity index (χ2v) is 6.15. The fourth-order valence-electron chi connectivity index (χ4n) is 3.43. The molecule has 0 aliphatic carbocycles. The predicted octanol–water partition coefficient (Wildman–Crippen LogP) is 3.05. The number of ether oxygens (including phenoxy) is 1. The first-order valence-corrected chi connectivity index (χ1v) is 8.12. The first-order chi connectivity index (χ1) is 11.5. The Bertz CT molecular complexity index is 735. The van der Waals surface area contributed by atoms with Gasteiger partial charge in [-0.25, -0.2) is 0 Å². The quantitative estimate of drug-likeness (QED) is 0.687. The summed E-state index contributed by atoms with van der Waals surface area (Å²) in [5, 5.41) is 8.23. The first-order valence-electron chi connectivity index (χ1n) is 8.12. The molecule has 0 spiro atoms. The summed E-state index contributed by atoms with van der Waals surface area (Å²) < 4.78 is 5.33. The summed E-state index contributed by atoms with van der Waals surface area (Å²) in [5.74, 6) is 2.24. The zero-order valence-electron chi connectivity index (χ0n) is 14.7. The van der Waals surface area contributed by atoms with Crippen molar-refractivity contribution in [2.45, 2.75) is 32.5 Å². The third-order valence-corrected chi connectivity index (χ3v) is 4.74. The number of hydrogen-bond donors (Lipinski definition) is 1. The minimum atomic E-state index is 0.122. The minimum Gasteiger partial charge on any atom is -0.497 e. The Morgan fingerprint density at radius 1 is 1.33 bits per heavy atom. The molecule has 126 valence electrons. The lowest BCUT2D eigenvalue weighted by atomic mass is 10.0. The van der Waals surface area contributed by atoms with E-state index in [-0.39, 0.29) is 12.1 Å². The van der Waals surface area contributed by atoms with Crippen LogP contribution in [0.5, 0.6) is 5.75 Å². The molecule has 2 heterocycles. The molecule has 0 bridgehead atoms. The van der Waals surface area contributed by atoms with Crippen LogP contribution in [-0.2, 0) is 6.54 Å². The molecule has 1 aromatic carbocycles. The van der Waals surface area contributed by atoms with Gasteiger partial charge in [0.05, 0.1) is 19.2 Å². The van der Waals surface area contributed by atoms with Gasteiger partial charge in [0.1, 0.15) is 17.4 Å². The third-order valence-electron chi connectivity index (χ3n) is 4.74. The molecule has 0 aromatic heterocycles. The van der Waals surface area contributed by atoms with E-state index >= 15 is 0 Å². The van der Waals surface area contributed by atoms with Crippen LogP contribution in [-0.4, -0.2) is 47.7 Å². The summed E-state index contributed by atoms with van der Waals surface area (Å²) in [4.78, 5) is 8.66. The van der Waals surface area contributed by atoms with Gasteiger partial charge in [-0.15, -0.1) is 0 Å². The van der Waals surface area contributed by atoms with Gasteiger partial charge < -0.3 is 14.5 Å². The van der Waals surface area contributed by atoms with E-state index in [0.717, 1.165) is 18.1 Å². The van der Waals surface area contributed by atoms with Crippen molar-refractivity contribution in [2.75, 3.05) is 14.2 Å². The van der Waals surface area contributed by atoms with E-state index < -0.39 is 0 Å². The van der Waals surface area contributed by atoms with E-state index in [1.807, 2.05) is 30.0 Å². The largest absolute Gasteiger partial charge is 0.497 e. The summed E-state index contributed by atoms with van der Waals surface area (Å²) in [6, 6.07) is 8.51. The number of amidine groups is 2. The number of allylic oxidation sites excluding steroid dienone is 1. The van der Waals surface area contributed by atoms with Crippen molar-refractivity contribution < 1.29 is 4.74 Å². The van der Waals surface area contributed by atoms with Gasteiger partial charge in [0, 0.05) is 19.3 Å². The molecule has 1 aromatic rings. The van der Waals surface area contributed by atoms with Crippen LogP contribution >= 0.6 is 0 Å². The predicted molar refractivity (Wildman–Crippen MR) is 97.6 cm³/mol. The first kappa shape index (κ1) is 16.3. The number of benzene rings is 1. The molecule has 0 amide bonds. The number of fused-ring (bicyclic) bond motifs is 1. The normalized spacial score (nSPS) is 23.4. The summed E-state index contributed by atoms with van der Waals surface area (Å²) in [6.07, 6.45) is 6.23. The van der Waals surface area contributed by atoms with E-state index in [1.54, 1.807) is 14.2 Å². The summed E-state index contributed by atoms with van der Waals surface area (Å²) in [5.41, 5.74) is 2.44. The van der Waals surface area contributed by atoms with Crippen LogP contribution in [0.2, 0.25) is 0 Å². The van der Waals surface area contributed by atoms with Crippen molar-refractivity contribution >= 4 is 11.7 Å². The number of aliphatic imine (C=N–C) groups is 1. The molecule has 2 aliphatic rings. The van der Waals surface area contributed by atoms with Crippen molar-refractivity contribution in [1.82, 2.24) is 9.80 Å². The van der Waals surface area contributed by atoms with E-state index in [9.17, 15) is 0 Å². The number of nitrogens with zero attached hydrogens (tertiary/aromatic N) is 3. The Hall–Kier alpha value is -2.56. The van der Waals surface area contributed by atoms with Gasteiger partial charge in [0.15, 0.2) is 0 Å². The number of methoxy groups -OCH3 is 1. The molecule has 1 N–H and O–H groups in total. The SMILES string of the molecule is CN=C(C)N1C(=N)C=CC2C1C=C(C)N2Cc1cccc(OC)c1. The Morgan fingerprint density at radius 3 is 2.83 bits per heavy atom. The number of hydrogen-bond acceptors (Lipinski definition) is 4. The lowest BCUT2D eigenvalue weighted by Crippen LogP contribution is -2.51. The van der Waals surface area contributed by atoms with Crippen LogP contribution in [0.4, 0.5) is 0 Å². The van der Waals surface area contributed by atoms with Crippen molar-refractivity contribution in [3.05, 3.63) is 53.8 Å². The van der Waals surface area contributed by atoms with E-state index in [0.29, 0.717) is 5.84 Å². The van der Waals surface area contributed by atoms with Crippen molar-refractivity contribution in [2.24, 2.45) is 4.99 Å². The zero-order chi connectivity index (χ0) is 17.3. The maximum absolute atomic E-state index is 8.23. The molecule has 0 saturated heterocycles. The van der Waals surface area contributed by atoms with Gasteiger partial charge in [-0.05, 0) is 43.7 Å². The van der Waals surface area contributed by atoms with E-state index in [1.165, 1.54) is 11.3 Å². The van der Waals surface area contributed by atoms with Crippen LogP contribution in [0.3, 0.4) is 0 Å². The fourth-order valence-corrected chi connectivity index (χ4v) is 3.43. The van der Waals surface area contributed by atoms with Gasteiger partial charge in [-0.1, -0.05) is 18.2 Å². The topological polar surface area (TPSA) is 51.9 Å². The summed E-state index contributed by atoms with van der Waals surface area (Å²) in [7, 11) is 3.46. The second-order valence-electron chi connectivity index (χ2n) is 6.15. The van der Waals surface area contributed by atoms with Gasteiger partial charge >= 0.3 is 0 Å². The molecule has 24 heavy (non-hydrogen) atoms. The van der Waals surface area contributed by atoms with E-state index in [4.69, 9.17) is 10.1 Å². The lowest BCUT2D eigenvalue weighted by Gasteiger charge is -2.38. The number of rotatable bonds is 3. The Kier molecular flexibility index (Phi) is 4.42. The van der Waals surface area contributed by atoms with Gasteiger partial charge in [0.2, 0.25) is 0 Å². The molecule has 2 aliphatic heterocycles. The van der Waals surface area contributed by atoms with Crippen LogP contribution in [0.25, 0.3) is 0 Å². The minimum absolute atomic E-state index is 0.122. The lowest BCUT2D eigenvalue weighted by molar-refractivity contribution is 0.259. The highest BCUT2D eigenvalue weighted by atomic mass is 16.5. The third kappa shape index (κ3) is 2.82. The highest BCUT2D eigenvalue weighted by molar-refractivity contribution is 6.05. The molecule has 5 nitrogen and oxygen atoms in total. The highest BCUT2D eigenvalue weighted by Gasteiger charge is 2.38. The number of nitrogens with one attached hydrogen (secondary N) is 1. The van der Waals surface area contributed by atoms with Crippen molar-refractivity contribution in [3.63, 3.8) is 0 Å². The summed E-state index contributed by atoms with van der Waals surface area (Å²) in [6.45, 7) is 4.90. The molecule has 2 atom stereocenters. The smallest absolute Gasteiger partial charge is 0.126 e. The average Bonchev–Trinajstić information content (AvgIpc) is 2.90. The average molecular weight is 324 g/mol. The van der Waals surface area contributed by atoms with E-state index in [2.05, 4.69) is 41.1 Å². The molecule has 5 heteroatoms. The van der Waals surface area contributed by atoms with Crippen LogP contribution in [0, 0.1) is 5.41 Å². The highest BCUT2D eigenvalue weighted by Crippen LogP contribution is 2.32. The summed E-state index contributed by atoms with van der Waals surface area (Å²) >= 11 is 0. The molecule has 0 fully saturated rings. The standard InChI is InChI=1S/C19H24N4O/c1-13-10-18-17(8-9-19(20)23(18)14(2)21-3)22(13)12-15-6-5-7-16(11-15)24-4/h5-11,17-18,20H,12H2,1-4H3. The maximum atomic E-state index is 8.23. The fraction of sp³-hybridized carbons (Fsp3) is 0.368. The monoisotopic (exact) mass is 324 g/mol. The zero-order valence-corrected chi connectivity index (χ0v) is 14.7. The Labute approximate surface area is 143 Å². The Balaban J connectivity index is 1.88. The second kappa shape index (κ2) is 6.51. The maximum Gasteiger partial charge on any atom is 0.126 e. The Morgan fingerprint density at radius 2 is 2.12 bits per heavy atom. The molecule has 0 radical (unpaired) electrons. The molecular formula is C19H24N4O. The van der Waals surface area contributed by atoms with Crippen LogP contribution in [0.15, 0.2) is 53.2 Å². The van der Waals surface area contributed by atoms with Crippen LogP contribution < -0.4 is 4.74 Å². The van der Waals surface area contributed by atoms with Gasteiger partial charge in [-0.2, -0.15) is 0 Å². The molecule has 3 rings (SSSR count). The van der Waals surface area contributed by atoms with Crippen LogP contribution in [0.1, 0.15) is 19.4 Å². The molecule has 0 saturated carbocycles. The molecule has 2 unspecified atom stereocenters.